The normalized spacial score (nSPS) is 17.9. The summed E-state index contributed by atoms with van der Waals surface area (Å²) in [7, 11) is 0. The van der Waals surface area contributed by atoms with Crippen molar-refractivity contribution in [3.05, 3.63) is 66.0 Å². The van der Waals surface area contributed by atoms with E-state index in [0.717, 1.165) is 31.4 Å². The van der Waals surface area contributed by atoms with Crippen LogP contribution in [0.1, 0.15) is 47.8 Å². The van der Waals surface area contributed by atoms with Gasteiger partial charge in [0.1, 0.15) is 11.6 Å². The zero-order valence-corrected chi connectivity index (χ0v) is 14.3. The third kappa shape index (κ3) is 3.03. The first-order chi connectivity index (χ1) is 12.8. The van der Waals surface area contributed by atoms with Crippen LogP contribution in [-0.4, -0.2) is 27.5 Å². The number of rotatable bonds is 3. The molecule has 1 fully saturated rings. The van der Waals surface area contributed by atoms with Gasteiger partial charge >= 0.3 is 0 Å². The molecule has 0 spiro atoms. The topological polar surface area (TPSA) is 62.1 Å². The van der Waals surface area contributed by atoms with Crippen LogP contribution in [0.4, 0.5) is 4.39 Å². The Morgan fingerprint density at radius 3 is 2.88 bits per heavy atom. The molecule has 4 rings (SSSR count). The van der Waals surface area contributed by atoms with Crippen LogP contribution in [0.25, 0.3) is 11.3 Å². The van der Waals surface area contributed by atoms with Gasteiger partial charge in [0, 0.05) is 12.1 Å². The first-order valence-electron chi connectivity index (χ1n) is 8.88. The molecule has 3 heterocycles. The molecule has 0 bridgehead atoms. The fourth-order valence-corrected chi connectivity index (χ4v) is 3.60. The first-order valence-corrected chi connectivity index (χ1v) is 8.88. The number of hydrogen-bond acceptors (Lipinski definition) is 3. The number of carbonyl (C=O) groups excluding carboxylic acids is 1. The number of nitrogens with one attached hydrogen (secondary N) is 1. The molecule has 1 saturated heterocycles. The Morgan fingerprint density at radius 1 is 1.19 bits per heavy atom. The number of halogens is 1. The fourth-order valence-electron chi connectivity index (χ4n) is 3.60. The van der Waals surface area contributed by atoms with E-state index < -0.39 is 0 Å². The number of amides is 1. The van der Waals surface area contributed by atoms with Gasteiger partial charge in [-0.15, -0.1) is 0 Å². The highest BCUT2D eigenvalue weighted by molar-refractivity contribution is 6.00. The van der Waals surface area contributed by atoms with Crippen molar-refractivity contribution < 1.29 is 13.6 Å². The van der Waals surface area contributed by atoms with Crippen molar-refractivity contribution >= 4 is 5.91 Å². The standard InChI is InChI=1S/C20H20FN3O2/c21-16-8-4-3-7-14(16)19-15(13-22-23-19)20(25)24-11-5-1-2-9-17(24)18-10-6-12-26-18/h3-4,6-8,10,12-13,17H,1-2,5,9,11H2,(H,22,23)/t17-/m0/s1. The number of carbonyl (C=O) groups is 1. The molecule has 26 heavy (non-hydrogen) atoms. The van der Waals surface area contributed by atoms with E-state index in [-0.39, 0.29) is 17.8 Å². The van der Waals surface area contributed by atoms with Crippen molar-refractivity contribution in [2.24, 2.45) is 0 Å². The van der Waals surface area contributed by atoms with Crippen LogP contribution >= 0.6 is 0 Å². The van der Waals surface area contributed by atoms with Gasteiger partial charge in [-0.25, -0.2) is 4.39 Å². The molecular formula is C20H20FN3O2. The molecule has 1 aliphatic heterocycles. The fraction of sp³-hybridized carbons (Fsp3) is 0.300. The van der Waals surface area contributed by atoms with E-state index in [0.29, 0.717) is 23.4 Å². The Balaban J connectivity index is 1.71. The molecule has 0 radical (unpaired) electrons. The van der Waals surface area contributed by atoms with Crippen molar-refractivity contribution in [2.45, 2.75) is 31.7 Å². The van der Waals surface area contributed by atoms with Crippen LogP contribution in [0.15, 0.2) is 53.3 Å². The SMILES string of the molecule is O=C(c1cn[nH]c1-c1ccccc1F)N1CCCCC[C@H]1c1ccco1. The smallest absolute Gasteiger partial charge is 0.258 e. The summed E-state index contributed by atoms with van der Waals surface area (Å²) in [5, 5.41) is 6.79. The van der Waals surface area contributed by atoms with E-state index >= 15 is 0 Å². The number of hydrogen-bond donors (Lipinski definition) is 1. The van der Waals surface area contributed by atoms with E-state index in [1.54, 1.807) is 24.5 Å². The summed E-state index contributed by atoms with van der Waals surface area (Å²) in [6, 6.07) is 10.0. The lowest BCUT2D eigenvalue weighted by atomic mass is 10.0. The summed E-state index contributed by atoms with van der Waals surface area (Å²) in [4.78, 5) is 15.2. The summed E-state index contributed by atoms with van der Waals surface area (Å²) >= 11 is 0. The van der Waals surface area contributed by atoms with Crippen molar-refractivity contribution in [1.82, 2.24) is 15.1 Å². The predicted octanol–water partition coefficient (Wildman–Crippen LogP) is 4.57. The van der Waals surface area contributed by atoms with Crippen LogP contribution < -0.4 is 0 Å². The number of nitrogens with zero attached hydrogens (tertiary/aromatic N) is 2. The van der Waals surface area contributed by atoms with Crippen molar-refractivity contribution in [3.63, 3.8) is 0 Å². The van der Waals surface area contributed by atoms with E-state index in [1.807, 2.05) is 17.0 Å². The molecule has 0 unspecified atom stereocenters. The number of benzene rings is 1. The van der Waals surface area contributed by atoms with Crippen LogP contribution in [0, 0.1) is 5.82 Å². The minimum Gasteiger partial charge on any atom is -0.467 e. The summed E-state index contributed by atoms with van der Waals surface area (Å²) in [6.45, 7) is 0.645. The molecule has 1 amide bonds. The van der Waals surface area contributed by atoms with Crippen molar-refractivity contribution in [2.75, 3.05) is 6.54 Å². The van der Waals surface area contributed by atoms with Crippen LogP contribution in [0.2, 0.25) is 0 Å². The van der Waals surface area contributed by atoms with Gasteiger partial charge in [0.15, 0.2) is 0 Å². The van der Waals surface area contributed by atoms with Crippen molar-refractivity contribution in [1.29, 1.82) is 0 Å². The molecular weight excluding hydrogens is 333 g/mol. The molecule has 1 atom stereocenters. The van der Waals surface area contributed by atoms with Gasteiger partial charge in [0.2, 0.25) is 0 Å². The van der Waals surface area contributed by atoms with Crippen LogP contribution in [-0.2, 0) is 0 Å². The second kappa shape index (κ2) is 7.15. The monoisotopic (exact) mass is 353 g/mol. The molecule has 0 aliphatic carbocycles. The number of furan rings is 1. The minimum absolute atomic E-state index is 0.108. The predicted molar refractivity (Wildman–Crippen MR) is 94.9 cm³/mol. The summed E-state index contributed by atoms with van der Waals surface area (Å²) in [5.41, 5.74) is 1.14. The third-order valence-electron chi connectivity index (χ3n) is 4.90. The largest absolute Gasteiger partial charge is 0.467 e. The molecule has 1 aromatic carbocycles. The molecule has 134 valence electrons. The van der Waals surface area contributed by atoms with Crippen molar-refractivity contribution in [3.8, 4) is 11.3 Å². The highest BCUT2D eigenvalue weighted by Crippen LogP contribution is 2.33. The Kier molecular flexibility index (Phi) is 4.56. The van der Waals surface area contributed by atoms with Gasteiger partial charge < -0.3 is 9.32 Å². The summed E-state index contributed by atoms with van der Waals surface area (Å²) < 4.78 is 19.8. The van der Waals surface area contributed by atoms with Crippen LogP contribution in [0.3, 0.4) is 0 Å². The molecule has 5 nitrogen and oxygen atoms in total. The lowest BCUT2D eigenvalue weighted by Crippen LogP contribution is -2.34. The zero-order chi connectivity index (χ0) is 17.9. The Bertz CT molecular complexity index is 888. The maximum Gasteiger partial charge on any atom is 0.258 e. The lowest BCUT2D eigenvalue weighted by molar-refractivity contribution is 0.0659. The average Bonchev–Trinajstić information content (AvgIpc) is 3.29. The zero-order valence-electron chi connectivity index (χ0n) is 14.3. The highest BCUT2D eigenvalue weighted by Gasteiger charge is 2.31. The summed E-state index contributed by atoms with van der Waals surface area (Å²) in [5.74, 6) is 0.251. The summed E-state index contributed by atoms with van der Waals surface area (Å²) in [6.07, 6.45) is 7.02. The van der Waals surface area contributed by atoms with Gasteiger partial charge in [0.05, 0.1) is 29.8 Å². The second-order valence-electron chi connectivity index (χ2n) is 6.52. The molecule has 6 heteroatoms. The van der Waals surface area contributed by atoms with E-state index in [2.05, 4.69) is 10.2 Å². The maximum absolute atomic E-state index is 14.2. The number of aromatic nitrogens is 2. The Morgan fingerprint density at radius 2 is 2.08 bits per heavy atom. The lowest BCUT2D eigenvalue weighted by Gasteiger charge is -2.28. The number of aromatic amines is 1. The molecule has 1 N–H and O–H groups in total. The van der Waals surface area contributed by atoms with Crippen LogP contribution in [0.5, 0.6) is 0 Å². The van der Waals surface area contributed by atoms with Gasteiger partial charge in [-0.1, -0.05) is 25.0 Å². The number of H-pyrrole nitrogens is 1. The van der Waals surface area contributed by atoms with Gasteiger partial charge in [-0.05, 0) is 37.1 Å². The average molecular weight is 353 g/mol. The van der Waals surface area contributed by atoms with Gasteiger partial charge in [-0.2, -0.15) is 5.10 Å². The Hall–Kier alpha value is -2.89. The van der Waals surface area contributed by atoms with E-state index in [4.69, 9.17) is 4.42 Å². The van der Waals surface area contributed by atoms with Gasteiger partial charge in [-0.3, -0.25) is 9.89 Å². The van der Waals surface area contributed by atoms with E-state index in [1.165, 1.54) is 12.3 Å². The van der Waals surface area contributed by atoms with E-state index in [9.17, 15) is 9.18 Å². The number of likely N-dealkylation sites (tertiary alicyclic amines) is 1. The highest BCUT2D eigenvalue weighted by atomic mass is 19.1. The van der Waals surface area contributed by atoms with Gasteiger partial charge in [0.25, 0.3) is 5.91 Å². The second-order valence-corrected chi connectivity index (χ2v) is 6.52. The maximum atomic E-state index is 14.2. The molecule has 2 aromatic heterocycles. The Labute approximate surface area is 150 Å². The molecule has 0 saturated carbocycles. The minimum atomic E-state index is -0.385. The first kappa shape index (κ1) is 16.6. The molecule has 3 aromatic rings. The third-order valence-corrected chi connectivity index (χ3v) is 4.90. The quantitative estimate of drug-likeness (QED) is 0.750. The molecule has 1 aliphatic rings.